The van der Waals surface area contributed by atoms with E-state index in [0.29, 0.717) is 11.5 Å². The molecule has 0 fully saturated rings. The van der Waals surface area contributed by atoms with Crippen LogP contribution in [0.25, 0.3) is 0 Å². The normalized spacial score (nSPS) is 13.7. The number of halogens is 3. The van der Waals surface area contributed by atoms with Gasteiger partial charge in [-0.3, -0.25) is 0 Å². The number of benzene rings is 1. The summed E-state index contributed by atoms with van der Waals surface area (Å²) in [6.45, 7) is 7.06. The third kappa shape index (κ3) is 6.74. The fourth-order valence-corrected chi connectivity index (χ4v) is 3.32. The maximum Gasteiger partial charge on any atom is 0.416 e. The van der Waals surface area contributed by atoms with Crippen molar-refractivity contribution >= 4 is 11.8 Å². The zero-order valence-electron chi connectivity index (χ0n) is 12.8. The van der Waals surface area contributed by atoms with Crippen molar-refractivity contribution in [2.75, 3.05) is 18.1 Å². The van der Waals surface area contributed by atoms with Crippen LogP contribution in [-0.4, -0.2) is 18.1 Å². The lowest BCUT2D eigenvalue weighted by Gasteiger charge is -2.19. The molecule has 0 amide bonds. The first-order chi connectivity index (χ1) is 9.84. The van der Waals surface area contributed by atoms with Gasteiger partial charge >= 0.3 is 6.18 Å². The molecule has 1 unspecified atom stereocenters. The van der Waals surface area contributed by atoms with Crippen LogP contribution in [0.4, 0.5) is 13.2 Å². The van der Waals surface area contributed by atoms with Crippen molar-refractivity contribution in [2.24, 2.45) is 5.92 Å². The Balaban J connectivity index is 2.71. The van der Waals surface area contributed by atoms with Gasteiger partial charge in [0.25, 0.3) is 0 Å². The summed E-state index contributed by atoms with van der Waals surface area (Å²) in [5, 5.41) is 3.28. The SMILES string of the molecule is CCNC(CSCCC(C)C)c1cccc(C(F)(F)F)c1. The minimum atomic E-state index is -4.28. The summed E-state index contributed by atoms with van der Waals surface area (Å²) in [6.07, 6.45) is -3.15. The molecule has 0 heterocycles. The van der Waals surface area contributed by atoms with Crippen molar-refractivity contribution in [2.45, 2.75) is 39.4 Å². The van der Waals surface area contributed by atoms with Gasteiger partial charge < -0.3 is 5.32 Å². The molecule has 0 saturated carbocycles. The minimum absolute atomic E-state index is 0.0329. The molecule has 0 spiro atoms. The number of hydrogen-bond acceptors (Lipinski definition) is 2. The van der Waals surface area contributed by atoms with Gasteiger partial charge in [-0.1, -0.05) is 32.9 Å². The number of rotatable bonds is 8. The van der Waals surface area contributed by atoms with Crippen LogP contribution in [0.15, 0.2) is 24.3 Å². The summed E-state index contributed by atoms with van der Waals surface area (Å²) >= 11 is 1.79. The number of nitrogens with one attached hydrogen (secondary N) is 1. The molecule has 1 aromatic carbocycles. The van der Waals surface area contributed by atoms with Gasteiger partial charge in [0, 0.05) is 11.8 Å². The zero-order valence-corrected chi connectivity index (χ0v) is 13.7. The fourth-order valence-electron chi connectivity index (χ4n) is 1.97. The van der Waals surface area contributed by atoms with Crippen LogP contribution in [0, 0.1) is 5.92 Å². The van der Waals surface area contributed by atoms with E-state index in [-0.39, 0.29) is 6.04 Å². The molecule has 1 atom stereocenters. The smallest absolute Gasteiger partial charge is 0.310 e. The van der Waals surface area contributed by atoms with E-state index in [1.807, 2.05) is 6.92 Å². The first kappa shape index (κ1) is 18.4. The second-order valence-corrected chi connectivity index (χ2v) is 6.64. The van der Waals surface area contributed by atoms with Crippen LogP contribution in [0.2, 0.25) is 0 Å². The predicted molar refractivity (Wildman–Crippen MR) is 84.6 cm³/mol. The van der Waals surface area contributed by atoms with Gasteiger partial charge in [0.05, 0.1) is 5.56 Å². The first-order valence-corrected chi connectivity index (χ1v) is 8.48. The van der Waals surface area contributed by atoms with Gasteiger partial charge in [0.1, 0.15) is 0 Å². The second-order valence-electron chi connectivity index (χ2n) is 5.49. The molecule has 0 aliphatic rings. The van der Waals surface area contributed by atoms with E-state index in [4.69, 9.17) is 0 Å². The first-order valence-electron chi connectivity index (χ1n) is 7.32. The Labute approximate surface area is 129 Å². The molecule has 1 N–H and O–H groups in total. The van der Waals surface area contributed by atoms with Gasteiger partial charge in [-0.2, -0.15) is 24.9 Å². The zero-order chi connectivity index (χ0) is 15.9. The van der Waals surface area contributed by atoms with Crippen molar-refractivity contribution in [3.05, 3.63) is 35.4 Å². The maximum absolute atomic E-state index is 12.8. The van der Waals surface area contributed by atoms with Crippen LogP contribution in [0.5, 0.6) is 0 Å². The van der Waals surface area contributed by atoms with Crippen molar-refractivity contribution in [3.8, 4) is 0 Å². The van der Waals surface area contributed by atoms with Crippen LogP contribution in [0.1, 0.15) is 44.4 Å². The number of hydrogen-bond donors (Lipinski definition) is 1. The molecule has 0 radical (unpaired) electrons. The molecule has 0 aliphatic carbocycles. The summed E-state index contributed by atoms with van der Waals surface area (Å²) in [7, 11) is 0. The van der Waals surface area contributed by atoms with Crippen molar-refractivity contribution in [1.82, 2.24) is 5.32 Å². The largest absolute Gasteiger partial charge is 0.416 e. The summed E-state index contributed by atoms with van der Waals surface area (Å²) in [6, 6.07) is 5.61. The second kappa shape index (κ2) is 8.69. The van der Waals surface area contributed by atoms with Gasteiger partial charge in [0.2, 0.25) is 0 Å². The van der Waals surface area contributed by atoms with Gasteiger partial charge in [-0.05, 0) is 42.3 Å². The Kier molecular flexibility index (Phi) is 7.60. The summed E-state index contributed by atoms with van der Waals surface area (Å²) < 4.78 is 38.4. The van der Waals surface area contributed by atoms with Crippen molar-refractivity contribution in [3.63, 3.8) is 0 Å². The number of thioether (sulfide) groups is 1. The monoisotopic (exact) mass is 319 g/mol. The predicted octanol–water partition coefficient (Wildman–Crippen LogP) is 5.14. The Morgan fingerprint density at radius 2 is 1.95 bits per heavy atom. The van der Waals surface area contributed by atoms with Crippen LogP contribution < -0.4 is 5.32 Å². The van der Waals surface area contributed by atoms with E-state index in [1.54, 1.807) is 17.8 Å². The third-order valence-corrected chi connectivity index (χ3v) is 4.28. The fraction of sp³-hybridized carbons (Fsp3) is 0.625. The topological polar surface area (TPSA) is 12.0 Å². The van der Waals surface area contributed by atoms with E-state index in [2.05, 4.69) is 19.2 Å². The Bertz CT molecular complexity index is 418. The van der Waals surface area contributed by atoms with Gasteiger partial charge in [-0.25, -0.2) is 0 Å². The van der Waals surface area contributed by atoms with E-state index in [1.165, 1.54) is 12.1 Å². The molecule has 5 heteroatoms. The van der Waals surface area contributed by atoms with Crippen LogP contribution >= 0.6 is 11.8 Å². The highest BCUT2D eigenvalue weighted by molar-refractivity contribution is 7.99. The van der Waals surface area contributed by atoms with E-state index >= 15 is 0 Å². The lowest BCUT2D eigenvalue weighted by Crippen LogP contribution is -2.23. The Morgan fingerprint density at radius 3 is 2.52 bits per heavy atom. The van der Waals surface area contributed by atoms with Crippen LogP contribution in [0.3, 0.4) is 0 Å². The molecule has 0 aromatic heterocycles. The highest BCUT2D eigenvalue weighted by atomic mass is 32.2. The Morgan fingerprint density at radius 1 is 1.24 bits per heavy atom. The molecule has 21 heavy (non-hydrogen) atoms. The summed E-state index contributed by atoms with van der Waals surface area (Å²) in [5.41, 5.74) is 0.138. The third-order valence-electron chi connectivity index (χ3n) is 3.19. The molecule has 1 aromatic rings. The molecule has 1 nitrogen and oxygen atoms in total. The lowest BCUT2D eigenvalue weighted by molar-refractivity contribution is -0.137. The maximum atomic E-state index is 12.8. The standard InChI is InChI=1S/C16H24F3NS/c1-4-20-15(11-21-9-8-12(2)3)13-6-5-7-14(10-13)16(17,18)19/h5-7,10,12,15,20H,4,8-9,11H2,1-3H3. The molecular weight excluding hydrogens is 295 g/mol. The lowest BCUT2D eigenvalue weighted by atomic mass is 10.0. The molecule has 1 rings (SSSR count). The number of alkyl halides is 3. The minimum Gasteiger partial charge on any atom is -0.310 e. The summed E-state index contributed by atoms with van der Waals surface area (Å²) in [4.78, 5) is 0. The quantitative estimate of drug-likeness (QED) is 0.666. The average molecular weight is 319 g/mol. The Hall–Kier alpha value is -0.680. The molecule has 120 valence electrons. The van der Waals surface area contributed by atoms with E-state index in [0.717, 1.165) is 30.5 Å². The average Bonchev–Trinajstić information content (AvgIpc) is 2.41. The highest BCUT2D eigenvalue weighted by Crippen LogP contribution is 2.31. The van der Waals surface area contributed by atoms with Crippen molar-refractivity contribution < 1.29 is 13.2 Å². The van der Waals surface area contributed by atoms with Gasteiger partial charge in [0.15, 0.2) is 0 Å². The molecule has 0 bridgehead atoms. The summed E-state index contributed by atoms with van der Waals surface area (Å²) in [5.74, 6) is 2.49. The molecule has 0 aliphatic heterocycles. The van der Waals surface area contributed by atoms with Gasteiger partial charge in [-0.15, -0.1) is 0 Å². The van der Waals surface area contributed by atoms with E-state index < -0.39 is 11.7 Å². The molecular formula is C16H24F3NS. The van der Waals surface area contributed by atoms with Crippen LogP contribution in [-0.2, 0) is 6.18 Å². The van der Waals surface area contributed by atoms with E-state index in [9.17, 15) is 13.2 Å². The van der Waals surface area contributed by atoms with Crippen molar-refractivity contribution in [1.29, 1.82) is 0 Å². The highest BCUT2D eigenvalue weighted by Gasteiger charge is 2.30. The molecule has 0 saturated heterocycles.